The molecular formula is C14H20FNO. The van der Waals surface area contributed by atoms with E-state index in [9.17, 15) is 9.18 Å². The van der Waals surface area contributed by atoms with Crippen molar-refractivity contribution >= 4 is 11.6 Å². The topological polar surface area (TPSA) is 29.1 Å². The van der Waals surface area contributed by atoms with Crippen LogP contribution in [0.5, 0.6) is 0 Å². The second-order valence-corrected chi connectivity index (χ2v) is 4.13. The van der Waals surface area contributed by atoms with Crippen molar-refractivity contribution in [2.24, 2.45) is 5.92 Å². The zero-order valence-electron chi connectivity index (χ0n) is 10.7. The van der Waals surface area contributed by atoms with Gasteiger partial charge in [-0.25, -0.2) is 4.39 Å². The van der Waals surface area contributed by atoms with E-state index in [0.717, 1.165) is 24.8 Å². The van der Waals surface area contributed by atoms with Crippen molar-refractivity contribution in [1.82, 2.24) is 0 Å². The van der Waals surface area contributed by atoms with Gasteiger partial charge >= 0.3 is 0 Å². The lowest BCUT2D eigenvalue weighted by molar-refractivity contribution is -0.122. The SMILES string of the molecule is CC.Cc1cc(F)cc(NC(=O)C2CCC2)c1. The third-order valence-corrected chi connectivity index (χ3v) is 2.79. The Morgan fingerprint density at radius 1 is 1.29 bits per heavy atom. The number of carbonyl (C=O) groups excluding carboxylic acids is 1. The van der Waals surface area contributed by atoms with Gasteiger partial charge < -0.3 is 5.32 Å². The molecule has 0 aromatic heterocycles. The average molecular weight is 237 g/mol. The van der Waals surface area contributed by atoms with Crippen molar-refractivity contribution in [1.29, 1.82) is 0 Å². The standard InChI is InChI=1S/C12H14FNO.C2H6/c1-8-5-10(13)7-11(6-8)14-12(15)9-3-2-4-9;1-2/h5-7,9H,2-4H2,1H3,(H,14,15);1-2H3. The number of carbonyl (C=O) groups is 1. The normalized spacial score (nSPS) is 14.4. The maximum atomic E-state index is 13.0. The molecule has 1 aromatic carbocycles. The van der Waals surface area contributed by atoms with Crippen LogP contribution in [0.15, 0.2) is 18.2 Å². The Morgan fingerprint density at radius 2 is 1.94 bits per heavy atom. The molecule has 1 fully saturated rings. The van der Waals surface area contributed by atoms with Crippen LogP contribution in [0, 0.1) is 18.7 Å². The van der Waals surface area contributed by atoms with Gasteiger partial charge in [-0.05, 0) is 43.5 Å². The third kappa shape index (κ3) is 3.84. The van der Waals surface area contributed by atoms with Crippen LogP contribution in [0.25, 0.3) is 0 Å². The number of anilines is 1. The Balaban J connectivity index is 0.000000686. The molecule has 0 unspecified atom stereocenters. The molecule has 1 N–H and O–H groups in total. The maximum absolute atomic E-state index is 13.0. The van der Waals surface area contributed by atoms with Crippen molar-refractivity contribution in [3.05, 3.63) is 29.6 Å². The van der Waals surface area contributed by atoms with Crippen LogP contribution in [0.1, 0.15) is 38.7 Å². The van der Waals surface area contributed by atoms with Crippen molar-refractivity contribution in [3.63, 3.8) is 0 Å². The van der Waals surface area contributed by atoms with E-state index in [2.05, 4.69) is 5.32 Å². The lowest BCUT2D eigenvalue weighted by Crippen LogP contribution is -2.28. The fraction of sp³-hybridized carbons (Fsp3) is 0.500. The van der Waals surface area contributed by atoms with E-state index in [4.69, 9.17) is 0 Å². The molecule has 1 amide bonds. The summed E-state index contributed by atoms with van der Waals surface area (Å²) in [5, 5.41) is 2.75. The van der Waals surface area contributed by atoms with Gasteiger partial charge in [0.05, 0.1) is 0 Å². The minimum absolute atomic E-state index is 0.0197. The minimum Gasteiger partial charge on any atom is -0.326 e. The highest BCUT2D eigenvalue weighted by Gasteiger charge is 2.25. The molecule has 0 atom stereocenters. The van der Waals surface area contributed by atoms with Gasteiger partial charge in [0.2, 0.25) is 5.91 Å². The number of benzene rings is 1. The van der Waals surface area contributed by atoms with Gasteiger partial charge in [-0.2, -0.15) is 0 Å². The molecule has 17 heavy (non-hydrogen) atoms. The molecule has 0 bridgehead atoms. The summed E-state index contributed by atoms with van der Waals surface area (Å²) in [7, 11) is 0. The zero-order chi connectivity index (χ0) is 12.8. The number of hydrogen-bond donors (Lipinski definition) is 1. The second kappa shape index (κ2) is 6.38. The molecule has 0 heterocycles. The van der Waals surface area contributed by atoms with Gasteiger partial charge in [-0.15, -0.1) is 0 Å². The average Bonchev–Trinajstić information content (AvgIpc) is 2.15. The van der Waals surface area contributed by atoms with Crippen LogP contribution >= 0.6 is 0 Å². The summed E-state index contributed by atoms with van der Waals surface area (Å²) < 4.78 is 13.0. The van der Waals surface area contributed by atoms with Crippen LogP contribution in [-0.4, -0.2) is 5.91 Å². The molecule has 0 saturated heterocycles. The molecule has 0 radical (unpaired) electrons. The summed E-state index contributed by atoms with van der Waals surface area (Å²) in [6.45, 7) is 5.81. The van der Waals surface area contributed by atoms with E-state index in [1.807, 2.05) is 20.8 Å². The highest BCUT2D eigenvalue weighted by molar-refractivity contribution is 5.93. The monoisotopic (exact) mass is 237 g/mol. The first-order chi connectivity index (χ1) is 8.15. The van der Waals surface area contributed by atoms with Crippen LogP contribution in [-0.2, 0) is 4.79 Å². The number of halogens is 1. The van der Waals surface area contributed by atoms with Crippen LogP contribution in [0.4, 0.5) is 10.1 Å². The van der Waals surface area contributed by atoms with Crippen LogP contribution in [0.2, 0.25) is 0 Å². The van der Waals surface area contributed by atoms with Gasteiger partial charge in [0, 0.05) is 11.6 Å². The predicted octanol–water partition coefficient (Wildman–Crippen LogP) is 3.90. The van der Waals surface area contributed by atoms with E-state index in [1.54, 1.807) is 6.07 Å². The fourth-order valence-corrected chi connectivity index (χ4v) is 1.72. The summed E-state index contributed by atoms with van der Waals surface area (Å²) in [5.74, 6) is -0.154. The second-order valence-electron chi connectivity index (χ2n) is 4.13. The lowest BCUT2D eigenvalue weighted by Gasteiger charge is -2.24. The van der Waals surface area contributed by atoms with Crippen LogP contribution in [0.3, 0.4) is 0 Å². The number of amides is 1. The Hall–Kier alpha value is -1.38. The Morgan fingerprint density at radius 3 is 2.41 bits per heavy atom. The van der Waals surface area contributed by atoms with Crippen molar-refractivity contribution in [3.8, 4) is 0 Å². The highest BCUT2D eigenvalue weighted by Crippen LogP contribution is 2.27. The van der Waals surface area contributed by atoms with Gasteiger partial charge in [0.25, 0.3) is 0 Å². The van der Waals surface area contributed by atoms with Gasteiger partial charge in [0.15, 0.2) is 0 Å². The van der Waals surface area contributed by atoms with E-state index in [1.165, 1.54) is 12.1 Å². The molecule has 94 valence electrons. The lowest BCUT2D eigenvalue weighted by atomic mass is 9.85. The zero-order valence-corrected chi connectivity index (χ0v) is 10.7. The largest absolute Gasteiger partial charge is 0.326 e. The van der Waals surface area contributed by atoms with Gasteiger partial charge in [-0.3, -0.25) is 4.79 Å². The molecule has 2 rings (SSSR count). The molecule has 0 aliphatic heterocycles. The molecular weight excluding hydrogens is 217 g/mol. The third-order valence-electron chi connectivity index (χ3n) is 2.79. The highest BCUT2D eigenvalue weighted by atomic mass is 19.1. The van der Waals surface area contributed by atoms with E-state index in [-0.39, 0.29) is 17.6 Å². The van der Waals surface area contributed by atoms with Gasteiger partial charge in [-0.1, -0.05) is 20.3 Å². The maximum Gasteiger partial charge on any atom is 0.227 e. The molecule has 3 heteroatoms. The van der Waals surface area contributed by atoms with Crippen LogP contribution < -0.4 is 5.32 Å². The predicted molar refractivity (Wildman–Crippen MR) is 68.5 cm³/mol. The Kier molecular flexibility index (Phi) is 5.13. The summed E-state index contributed by atoms with van der Waals surface area (Å²) in [6.07, 6.45) is 3.04. The van der Waals surface area contributed by atoms with Gasteiger partial charge in [0.1, 0.15) is 5.82 Å². The first kappa shape index (κ1) is 13.7. The summed E-state index contributed by atoms with van der Waals surface area (Å²) in [6, 6.07) is 4.57. The molecule has 1 aliphatic rings. The minimum atomic E-state index is -0.307. The quantitative estimate of drug-likeness (QED) is 0.830. The van der Waals surface area contributed by atoms with E-state index < -0.39 is 0 Å². The Labute approximate surface area is 102 Å². The number of aryl methyl sites for hydroxylation is 1. The first-order valence-corrected chi connectivity index (χ1v) is 6.23. The van der Waals surface area contributed by atoms with Crippen molar-refractivity contribution < 1.29 is 9.18 Å². The molecule has 1 saturated carbocycles. The smallest absolute Gasteiger partial charge is 0.227 e. The Bertz CT molecular complexity index is 366. The summed E-state index contributed by atoms with van der Waals surface area (Å²) in [5.41, 5.74) is 1.38. The summed E-state index contributed by atoms with van der Waals surface area (Å²) >= 11 is 0. The number of rotatable bonds is 2. The summed E-state index contributed by atoms with van der Waals surface area (Å²) in [4.78, 5) is 11.6. The van der Waals surface area contributed by atoms with Crippen molar-refractivity contribution in [2.75, 3.05) is 5.32 Å². The van der Waals surface area contributed by atoms with E-state index in [0.29, 0.717) is 5.69 Å². The molecule has 2 nitrogen and oxygen atoms in total. The van der Waals surface area contributed by atoms with Crippen molar-refractivity contribution in [2.45, 2.75) is 40.0 Å². The molecule has 0 spiro atoms. The molecule has 1 aromatic rings. The number of nitrogens with one attached hydrogen (secondary N) is 1. The van der Waals surface area contributed by atoms with E-state index >= 15 is 0 Å². The molecule has 1 aliphatic carbocycles. The first-order valence-electron chi connectivity index (χ1n) is 6.23. The number of hydrogen-bond acceptors (Lipinski definition) is 1. The fourth-order valence-electron chi connectivity index (χ4n) is 1.72.